The van der Waals surface area contributed by atoms with Gasteiger partial charge in [-0.2, -0.15) is 4.98 Å². The molecule has 2 aromatic carbocycles. The number of fused-ring (bicyclic) bond motifs is 2. The van der Waals surface area contributed by atoms with Crippen molar-refractivity contribution < 1.29 is 9.47 Å². The molecule has 0 bridgehead atoms. The Balaban J connectivity index is 2.08. The molecule has 0 atom stereocenters. The standard InChI is InChI=1S/C18H16N2O3/c1-3-20-14-9-16-15(22-10-23-16)8-13(14)17(19-18(20)21)12-6-4-11(2)5-7-12/h4-9H,3,10H2,1-2H3. The summed E-state index contributed by atoms with van der Waals surface area (Å²) in [5.41, 5.74) is 3.31. The van der Waals surface area contributed by atoms with E-state index in [1.165, 1.54) is 0 Å². The SMILES string of the molecule is CCn1c(=O)nc(-c2ccc(C)cc2)c2cc3c(cc21)OCO3. The summed E-state index contributed by atoms with van der Waals surface area (Å²) in [4.78, 5) is 16.7. The van der Waals surface area contributed by atoms with Gasteiger partial charge in [-0.05, 0) is 19.9 Å². The van der Waals surface area contributed by atoms with E-state index in [-0.39, 0.29) is 12.5 Å². The number of hydrogen-bond acceptors (Lipinski definition) is 4. The third-order valence-corrected chi connectivity index (χ3v) is 4.12. The minimum Gasteiger partial charge on any atom is -0.454 e. The number of rotatable bonds is 2. The van der Waals surface area contributed by atoms with Gasteiger partial charge in [0.25, 0.3) is 0 Å². The summed E-state index contributed by atoms with van der Waals surface area (Å²) in [6.45, 7) is 4.71. The quantitative estimate of drug-likeness (QED) is 0.730. The molecule has 3 aromatic rings. The van der Waals surface area contributed by atoms with Crippen LogP contribution in [0, 0.1) is 6.92 Å². The third kappa shape index (κ3) is 2.16. The van der Waals surface area contributed by atoms with Crippen molar-refractivity contribution >= 4 is 10.9 Å². The van der Waals surface area contributed by atoms with Crippen molar-refractivity contribution in [3.05, 3.63) is 52.4 Å². The van der Waals surface area contributed by atoms with Crippen molar-refractivity contribution in [3.8, 4) is 22.8 Å². The van der Waals surface area contributed by atoms with Gasteiger partial charge in [-0.1, -0.05) is 29.8 Å². The Hall–Kier alpha value is -2.82. The highest BCUT2D eigenvalue weighted by Crippen LogP contribution is 2.38. The van der Waals surface area contributed by atoms with Crippen LogP contribution in [0.4, 0.5) is 0 Å². The van der Waals surface area contributed by atoms with Gasteiger partial charge in [-0.15, -0.1) is 0 Å². The summed E-state index contributed by atoms with van der Waals surface area (Å²) in [7, 11) is 0. The Morgan fingerprint density at radius 3 is 2.52 bits per heavy atom. The van der Waals surface area contributed by atoms with E-state index < -0.39 is 0 Å². The minimum absolute atomic E-state index is 0.204. The van der Waals surface area contributed by atoms with Crippen LogP contribution in [-0.2, 0) is 6.54 Å². The Labute approximate surface area is 133 Å². The van der Waals surface area contributed by atoms with Crippen LogP contribution in [0.2, 0.25) is 0 Å². The maximum Gasteiger partial charge on any atom is 0.348 e. The molecule has 1 aliphatic heterocycles. The third-order valence-electron chi connectivity index (χ3n) is 4.12. The second-order valence-electron chi connectivity index (χ2n) is 5.58. The molecule has 0 saturated carbocycles. The van der Waals surface area contributed by atoms with Gasteiger partial charge in [0.15, 0.2) is 11.5 Å². The number of hydrogen-bond donors (Lipinski definition) is 0. The van der Waals surface area contributed by atoms with Crippen LogP contribution >= 0.6 is 0 Å². The molecule has 2 heterocycles. The number of nitrogens with zero attached hydrogens (tertiary/aromatic N) is 2. The van der Waals surface area contributed by atoms with Gasteiger partial charge in [-0.25, -0.2) is 4.79 Å². The Morgan fingerprint density at radius 2 is 1.83 bits per heavy atom. The fourth-order valence-corrected chi connectivity index (χ4v) is 2.90. The molecule has 4 rings (SSSR count). The van der Waals surface area contributed by atoms with Crippen molar-refractivity contribution in [2.45, 2.75) is 20.4 Å². The summed E-state index contributed by atoms with van der Waals surface area (Å²) < 4.78 is 12.6. The van der Waals surface area contributed by atoms with Gasteiger partial charge in [0.05, 0.1) is 11.2 Å². The molecule has 1 aromatic heterocycles. The molecule has 0 unspecified atom stereocenters. The molecule has 116 valence electrons. The van der Waals surface area contributed by atoms with Crippen molar-refractivity contribution in [2.24, 2.45) is 0 Å². The zero-order valence-corrected chi connectivity index (χ0v) is 13.0. The van der Waals surface area contributed by atoms with Crippen molar-refractivity contribution in [1.29, 1.82) is 0 Å². The summed E-state index contributed by atoms with van der Waals surface area (Å²) in [5.74, 6) is 1.36. The predicted molar refractivity (Wildman–Crippen MR) is 88.0 cm³/mol. The highest BCUT2D eigenvalue weighted by Gasteiger charge is 2.19. The van der Waals surface area contributed by atoms with E-state index in [0.717, 1.165) is 22.0 Å². The largest absolute Gasteiger partial charge is 0.454 e. The van der Waals surface area contributed by atoms with Crippen LogP contribution < -0.4 is 15.2 Å². The second-order valence-corrected chi connectivity index (χ2v) is 5.58. The lowest BCUT2D eigenvalue weighted by molar-refractivity contribution is 0.174. The second kappa shape index (κ2) is 5.12. The molecular weight excluding hydrogens is 292 g/mol. The topological polar surface area (TPSA) is 53.4 Å². The van der Waals surface area contributed by atoms with Gasteiger partial charge in [-0.3, -0.25) is 4.57 Å². The molecule has 0 fully saturated rings. The van der Waals surface area contributed by atoms with Crippen molar-refractivity contribution in [2.75, 3.05) is 6.79 Å². The molecule has 0 radical (unpaired) electrons. The first kappa shape index (κ1) is 13.8. The van der Waals surface area contributed by atoms with E-state index in [1.807, 2.05) is 50.2 Å². The lowest BCUT2D eigenvalue weighted by atomic mass is 10.0. The Kier molecular flexibility index (Phi) is 3.08. The van der Waals surface area contributed by atoms with E-state index in [9.17, 15) is 4.79 Å². The van der Waals surface area contributed by atoms with Crippen molar-refractivity contribution in [1.82, 2.24) is 9.55 Å². The highest BCUT2D eigenvalue weighted by atomic mass is 16.7. The first-order valence-corrected chi connectivity index (χ1v) is 7.58. The van der Waals surface area contributed by atoms with Crippen molar-refractivity contribution in [3.63, 3.8) is 0 Å². The van der Waals surface area contributed by atoms with E-state index in [4.69, 9.17) is 9.47 Å². The number of aromatic nitrogens is 2. The van der Waals surface area contributed by atoms with E-state index in [0.29, 0.717) is 23.7 Å². The highest BCUT2D eigenvalue weighted by molar-refractivity contribution is 5.94. The first-order valence-electron chi connectivity index (χ1n) is 7.58. The summed E-state index contributed by atoms with van der Waals surface area (Å²) in [6, 6.07) is 11.8. The monoisotopic (exact) mass is 308 g/mol. The van der Waals surface area contributed by atoms with Crippen LogP contribution in [-0.4, -0.2) is 16.3 Å². The number of benzene rings is 2. The molecule has 5 nitrogen and oxygen atoms in total. The molecule has 0 amide bonds. The van der Waals surface area contributed by atoms with Gasteiger partial charge in [0.1, 0.15) is 0 Å². The fourth-order valence-electron chi connectivity index (χ4n) is 2.90. The van der Waals surface area contributed by atoms with Gasteiger partial charge in [0.2, 0.25) is 6.79 Å². The Morgan fingerprint density at radius 1 is 1.13 bits per heavy atom. The summed E-state index contributed by atoms with van der Waals surface area (Å²) in [6.07, 6.45) is 0. The molecule has 5 heteroatoms. The molecule has 0 aliphatic carbocycles. The maximum atomic E-state index is 12.4. The minimum atomic E-state index is -0.255. The Bertz CT molecular complexity index is 959. The predicted octanol–water partition coefficient (Wildman–Crippen LogP) is 3.12. The molecule has 1 aliphatic rings. The molecule has 0 saturated heterocycles. The van der Waals surface area contributed by atoms with E-state index in [2.05, 4.69) is 4.98 Å². The van der Waals surface area contributed by atoms with Crippen LogP contribution in [0.1, 0.15) is 12.5 Å². The van der Waals surface area contributed by atoms with Gasteiger partial charge >= 0.3 is 5.69 Å². The van der Waals surface area contributed by atoms with Gasteiger partial charge in [0, 0.05) is 23.6 Å². The maximum absolute atomic E-state index is 12.4. The average Bonchev–Trinajstić information content (AvgIpc) is 3.01. The zero-order valence-electron chi connectivity index (χ0n) is 13.0. The summed E-state index contributed by atoms with van der Waals surface area (Å²) in [5, 5.41) is 0.888. The molecule has 0 N–H and O–H groups in total. The summed E-state index contributed by atoms with van der Waals surface area (Å²) >= 11 is 0. The fraction of sp³-hybridized carbons (Fsp3) is 0.222. The number of ether oxygens (including phenoxy) is 2. The lowest BCUT2D eigenvalue weighted by Gasteiger charge is -2.12. The first-order chi connectivity index (χ1) is 11.2. The van der Waals surface area contributed by atoms with Crippen LogP contribution in [0.25, 0.3) is 22.2 Å². The smallest absolute Gasteiger partial charge is 0.348 e. The molecule has 0 spiro atoms. The van der Waals surface area contributed by atoms with Crippen LogP contribution in [0.3, 0.4) is 0 Å². The van der Waals surface area contributed by atoms with Crippen LogP contribution in [0.15, 0.2) is 41.2 Å². The average molecular weight is 308 g/mol. The number of aryl methyl sites for hydroxylation is 2. The van der Waals surface area contributed by atoms with Gasteiger partial charge < -0.3 is 9.47 Å². The van der Waals surface area contributed by atoms with E-state index in [1.54, 1.807) is 4.57 Å². The normalized spacial score (nSPS) is 12.8. The van der Waals surface area contributed by atoms with Crippen LogP contribution in [0.5, 0.6) is 11.5 Å². The lowest BCUT2D eigenvalue weighted by Crippen LogP contribution is -2.23. The zero-order chi connectivity index (χ0) is 16.0. The molecule has 23 heavy (non-hydrogen) atoms. The molecular formula is C18H16N2O3. The van der Waals surface area contributed by atoms with E-state index >= 15 is 0 Å².